The predicted octanol–water partition coefficient (Wildman–Crippen LogP) is 4.80. The maximum atomic E-state index is 12.7. The summed E-state index contributed by atoms with van der Waals surface area (Å²) in [5.74, 6) is 0.246. The minimum Gasteiger partial charge on any atom is -0.451 e. The van der Waals surface area contributed by atoms with E-state index in [0.717, 1.165) is 27.7 Å². The van der Waals surface area contributed by atoms with E-state index in [4.69, 9.17) is 4.42 Å². The second-order valence-electron chi connectivity index (χ2n) is 6.21. The number of hydrogen-bond donors (Lipinski definition) is 1. The summed E-state index contributed by atoms with van der Waals surface area (Å²) < 4.78 is 6.80. The molecule has 0 radical (unpaired) electrons. The third kappa shape index (κ3) is 3.78. The van der Waals surface area contributed by atoms with Crippen LogP contribution in [0.2, 0.25) is 0 Å². The SMILES string of the molecule is Cc1ncc(CNC2CC2)c2cc(C(=O)c3ccc(Br)cc3)oc12.Cl. The lowest BCUT2D eigenvalue weighted by Crippen LogP contribution is -2.15. The quantitative estimate of drug-likeness (QED) is 0.601. The lowest BCUT2D eigenvalue weighted by molar-refractivity contribution is 0.101. The predicted molar refractivity (Wildman–Crippen MR) is 103 cm³/mol. The van der Waals surface area contributed by atoms with Gasteiger partial charge in [-0.15, -0.1) is 12.4 Å². The van der Waals surface area contributed by atoms with Crippen molar-refractivity contribution in [2.45, 2.75) is 32.4 Å². The van der Waals surface area contributed by atoms with E-state index >= 15 is 0 Å². The molecule has 0 aliphatic heterocycles. The number of furan rings is 1. The first-order valence-corrected chi connectivity index (χ1v) is 8.83. The molecule has 0 unspecified atom stereocenters. The van der Waals surface area contributed by atoms with Gasteiger partial charge >= 0.3 is 0 Å². The second kappa shape index (κ2) is 7.28. The van der Waals surface area contributed by atoms with Crippen molar-refractivity contribution in [2.75, 3.05) is 0 Å². The van der Waals surface area contributed by atoms with Crippen LogP contribution in [0.5, 0.6) is 0 Å². The zero-order valence-electron chi connectivity index (χ0n) is 13.7. The number of carbonyl (C=O) groups excluding carboxylic acids is 1. The van der Waals surface area contributed by atoms with Crippen LogP contribution in [0.1, 0.15) is 40.2 Å². The Morgan fingerprint density at radius 2 is 2.04 bits per heavy atom. The van der Waals surface area contributed by atoms with Crippen molar-refractivity contribution >= 4 is 45.1 Å². The van der Waals surface area contributed by atoms with Crippen LogP contribution in [0, 0.1) is 6.92 Å². The van der Waals surface area contributed by atoms with Crippen LogP contribution < -0.4 is 5.32 Å². The molecule has 1 aliphatic rings. The molecule has 1 N–H and O–H groups in total. The fraction of sp³-hybridized carbons (Fsp3) is 0.263. The van der Waals surface area contributed by atoms with Crippen molar-refractivity contribution in [2.24, 2.45) is 0 Å². The van der Waals surface area contributed by atoms with Crippen LogP contribution in [-0.2, 0) is 6.54 Å². The number of aryl methyl sites for hydroxylation is 1. The highest BCUT2D eigenvalue weighted by Crippen LogP contribution is 2.28. The van der Waals surface area contributed by atoms with Gasteiger partial charge in [-0.1, -0.05) is 15.9 Å². The number of nitrogens with one attached hydrogen (secondary N) is 1. The van der Waals surface area contributed by atoms with Gasteiger partial charge in [0.25, 0.3) is 0 Å². The largest absolute Gasteiger partial charge is 0.451 e. The van der Waals surface area contributed by atoms with Crippen molar-refractivity contribution < 1.29 is 9.21 Å². The fourth-order valence-electron chi connectivity index (χ4n) is 2.74. The van der Waals surface area contributed by atoms with Crippen LogP contribution in [0.3, 0.4) is 0 Å². The monoisotopic (exact) mass is 420 g/mol. The second-order valence-corrected chi connectivity index (χ2v) is 7.13. The molecule has 4 nitrogen and oxygen atoms in total. The third-order valence-electron chi connectivity index (χ3n) is 4.31. The molecule has 25 heavy (non-hydrogen) atoms. The van der Waals surface area contributed by atoms with Gasteiger partial charge in [0.2, 0.25) is 5.78 Å². The zero-order valence-corrected chi connectivity index (χ0v) is 16.1. The van der Waals surface area contributed by atoms with Crippen molar-refractivity contribution in [1.82, 2.24) is 10.3 Å². The van der Waals surface area contributed by atoms with Crippen molar-refractivity contribution in [3.63, 3.8) is 0 Å². The van der Waals surface area contributed by atoms with Gasteiger partial charge in [0.05, 0.1) is 5.69 Å². The van der Waals surface area contributed by atoms with E-state index in [1.807, 2.05) is 31.3 Å². The normalized spacial score (nSPS) is 13.7. The Morgan fingerprint density at radius 1 is 1.32 bits per heavy atom. The standard InChI is InChI=1S/C19H17BrN2O2.ClH/c1-11-19-16(13(9-21-11)10-22-15-6-7-15)8-17(24-19)18(23)12-2-4-14(20)5-3-12;/h2-5,8-9,15,22H,6-7,10H2,1H3;1H. The van der Waals surface area contributed by atoms with Crippen molar-refractivity contribution in [3.8, 4) is 0 Å². The molecule has 3 aromatic rings. The Hall–Kier alpha value is -1.69. The molecule has 1 fully saturated rings. The maximum absolute atomic E-state index is 12.7. The number of pyridine rings is 1. The molecule has 0 saturated heterocycles. The van der Waals surface area contributed by atoms with Crippen LogP contribution in [-0.4, -0.2) is 16.8 Å². The first-order chi connectivity index (χ1) is 11.6. The molecule has 6 heteroatoms. The lowest BCUT2D eigenvalue weighted by atomic mass is 10.1. The number of rotatable bonds is 5. The Balaban J connectivity index is 0.00000182. The average Bonchev–Trinajstić information content (AvgIpc) is 3.30. The summed E-state index contributed by atoms with van der Waals surface area (Å²) in [5, 5.41) is 4.46. The zero-order chi connectivity index (χ0) is 16.7. The molecule has 130 valence electrons. The Morgan fingerprint density at radius 3 is 2.72 bits per heavy atom. The van der Waals surface area contributed by atoms with Gasteiger partial charge in [0.1, 0.15) is 0 Å². The summed E-state index contributed by atoms with van der Waals surface area (Å²) >= 11 is 3.38. The number of ketones is 1. The third-order valence-corrected chi connectivity index (χ3v) is 4.84. The van der Waals surface area contributed by atoms with E-state index in [9.17, 15) is 4.79 Å². The summed E-state index contributed by atoms with van der Waals surface area (Å²) in [5.41, 5.74) is 3.18. The molecule has 2 heterocycles. The Bertz CT molecular complexity index is 917. The van der Waals surface area contributed by atoms with E-state index in [1.165, 1.54) is 12.8 Å². The van der Waals surface area contributed by atoms with Gasteiger partial charge in [0, 0.05) is 34.2 Å². The van der Waals surface area contributed by atoms with Crippen molar-refractivity contribution in [1.29, 1.82) is 0 Å². The fourth-order valence-corrected chi connectivity index (χ4v) is 3.00. The molecule has 0 atom stereocenters. The molecule has 0 amide bonds. The van der Waals surface area contributed by atoms with Crippen LogP contribution in [0.25, 0.3) is 11.0 Å². The summed E-state index contributed by atoms with van der Waals surface area (Å²) in [7, 11) is 0. The number of carbonyl (C=O) groups is 1. The van der Waals surface area contributed by atoms with Gasteiger partial charge in [-0.3, -0.25) is 9.78 Å². The van der Waals surface area contributed by atoms with Gasteiger partial charge in [-0.2, -0.15) is 0 Å². The maximum Gasteiger partial charge on any atom is 0.228 e. The summed E-state index contributed by atoms with van der Waals surface area (Å²) in [6.45, 7) is 2.65. The molecule has 0 spiro atoms. The molecule has 0 bridgehead atoms. The van der Waals surface area contributed by atoms with Gasteiger partial charge in [0.15, 0.2) is 11.3 Å². The Kier molecular flexibility index (Phi) is 5.27. The first-order valence-electron chi connectivity index (χ1n) is 8.03. The van der Waals surface area contributed by atoms with E-state index < -0.39 is 0 Å². The molecule has 2 aromatic heterocycles. The molecule has 1 aromatic carbocycles. The summed E-state index contributed by atoms with van der Waals surface area (Å²) in [4.78, 5) is 17.1. The highest BCUT2D eigenvalue weighted by molar-refractivity contribution is 9.10. The highest BCUT2D eigenvalue weighted by atomic mass is 79.9. The molecular weight excluding hydrogens is 404 g/mol. The number of hydrogen-bond acceptors (Lipinski definition) is 4. The number of nitrogens with zero attached hydrogens (tertiary/aromatic N) is 1. The summed E-state index contributed by atoms with van der Waals surface area (Å²) in [6, 6.07) is 9.76. The van der Waals surface area contributed by atoms with Gasteiger partial charge < -0.3 is 9.73 Å². The van der Waals surface area contributed by atoms with Crippen LogP contribution in [0.15, 0.2) is 45.4 Å². The first kappa shape index (κ1) is 18.1. The van der Waals surface area contributed by atoms with Crippen LogP contribution >= 0.6 is 28.3 Å². The smallest absolute Gasteiger partial charge is 0.228 e. The molecule has 1 aliphatic carbocycles. The summed E-state index contributed by atoms with van der Waals surface area (Å²) in [6.07, 6.45) is 4.35. The van der Waals surface area contributed by atoms with Gasteiger partial charge in [-0.25, -0.2) is 0 Å². The average molecular weight is 422 g/mol. The van der Waals surface area contributed by atoms with Crippen molar-refractivity contribution in [3.05, 3.63) is 63.6 Å². The minimum atomic E-state index is -0.112. The van der Waals surface area contributed by atoms with E-state index in [2.05, 4.69) is 26.2 Å². The lowest BCUT2D eigenvalue weighted by Gasteiger charge is -2.04. The minimum absolute atomic E-state index is 0. The number of aromatic nitrogens is 1. The van der Waals surface area contributed by atoms with Crippen LogP contribution in [0.4, 0.5) is 0 Å². The van der Waals surface area contributed by atoms with E-state index in [-0.39, 0.29) is 18.2 Å². The number of fused-ring (bicyclic) bond motifs is 1. The van der Waals surface area contributed by atoms with Gasteiger partial charge in [-0.05, 0) is 55.7 Å². The number of halogens is 2. The number of benzene rings is 1. The molecular formula is C19H18BrClN2O2. The van der Waals surface area contributed by atoms with E-state index in [1.54, 1.807) is 12.1 Å². The topological polar surface area (TPSA) is 55.1 Å². The van der Waals surface area contributed by atoms with E-state index in [0.29, 0.717) is 22.9 Å². The highest BCUT2D eigenvalue weighted by Gasteiger charge is 2.22. The Labute approximate surface area is 160 Å². The molecule has 4 rings (SSSR count). The molecule has 1 saturated carbocycles.